The minimum Gasteiger partial charge on any atom is -0.348 e. The van der Waals surface area contributed by atoms with E-state index in [1.165, 1.54) is 36.5 Å². The van der Waals surface area contributed by atoms with Crippen LogP contribution in [-0.2, 0) is 6.54 Å². The SMILES string of the molecule is O=C(NCc1ccc(F)cc1)c1ccnc(Cl)c1F. The van der Waals surface area contributed by atoms with Gasteiger partial charge in [0.1, 0.15) is 5.82 Å². The van der Waals surface area contributed by atoms with E-state index in [4.69, 9.17) is 11.6 Å². The number of nitrogens with one attached hydrogen (secondary N) is 1. The highest BCUT2D eigenvalue weighted by atomic mass is 35.5. The number of nitrogens with zero attached hydrogens (tertiary/aromatic N) is 1. The summed E-state index contributed by atoms with van der Waals surface area (Å²) in [6.45, 7) is 0.165. The van der Waals surface area contributed by atoms with E-state index in [1.807, 2.05) is 0 Å². The van der Waals surface area contributed by atoms with E-state index in [0.29, 0.717) is 5.56 Å². The lowest BCUT2D eigenvalue weighted by atomic mass is 10.2. The van der Waals surface area contributed by atoms with Gasteiger partial charge < -0.3 is 5.32 Å². The number of hydrogen-bond acceptors (Lipinski definition) is 2. The Balaban J connectivity index is 2.05. The smallest absolute Gasteiger partial charge is 0.254 e. The second kappa shape index (κ2) is 5.75. The van der Waals surface area contributed by atoms with Crippen molar-refractivity contribution in [2.75, 3.05) is 0 Å². The van der Waals surface area contributed by atoms with E-state index >= 15 is 0 Å². The molecule has 0 aliphatic rings. The second-order valence-corrected chi connectivity index (χ2v) is 4.13. The van der Waals surface area contributed by atoms with Crippen LogP contribution in [0.4, 0.5) is 8.78 Å². The van der Waals surface area contributed by atoms with Gasteiger partial charge in [0.05, 0.1) is 5.56 Å². The maximum atomic E-state index is 13.5. The lowest BCUT2D eigenvalue weighted by Crippen LogP contribution is -2.24. The molecule has 1 amide bonds. The summed E-state index contributed by atoms with van der Waals surface area (Å²) in [4.78, 5) is 15.3. The molecule has 3 nitrogen and oxygen atoms in total. The maximum Gasteiger partial charge on any atom is 0.254 e. The van der Waals surface area contributed by atoms with Gasteiger partial charge in [-0.1, -0.05) is 23.7 Å². The fraction of sp³-hybridized carbons (Fsp3) is 0.0769. The topological polar surface area (TPSA) is 42.0 Å². The molecule has 0 spiro atoms. The number of amides is 1. The van der Waals surface area contributed by atoms with Crippen molar-refractivity contribution in [1.82, 2.24) is 10.3 Å². The van der Waals surface area contributed by atoms with Gasteiger partial charge in [0, 0.05) is 12.7 Å². The zero-order valence-electron chi connectivity index (χ0n) is 9.66. The van der Waals surface area contributed by atoms with E-state index in [2.05, 4.69) is 10.3 Å². The summed E-state index contributed by atoms with van der Waals surface area (Å²) >= 11 is 5.48. The van der Waals surface area contributed by atoms with Gasteiger partial charge in [-0.25, -0.2) is 13.8 Å². The van der Waals surface area contributed by atoms with Crippen LogP contribution in [0.15, 0.2) is 36.5 Å². The summed E-state index contributed by atoms with van der Waals surface area (Å²) < 4.78 is 26.2. The van der Waals surface area contributed by atoms with Crippen molar-refractivity contribution in [3.05, 3.63) is 64.4 Å². The molecule has 0 radical (unpaired) electrons. The van der Waals surface area contributed by atoms with Crippen molar-refractivity contribution in [3.63, 3.8) is 0 Å². The Hall–Kier alpha value is -2.01. The average Bonchev–Trinajstić information content (AvgIpc) is 2.41. The molecule has 2 rings (SSSR count). The average molecular weight is 283 g/mol. The van der Waals surface area contributed by atoms with Gasteiger partial charge in [-0.2, -0.15) is 0 Å². The van der Waals surface area contributed by atoms with Crippen molar-refractivity contribution in [2.24, 2.45) is 0 Å². The number of benzene rings is 1. The number of halogens is 3. The first kappa shape index (κ1) is 13.4. The van der Waals surface area contributed by atoms with E-state index in [1.54, 1.807) is 0 Å². The molecule has 1 aromatic heterocycles. The van der Waals surface area contributed by atoms with Crippen LogP contribution in [0.2, 0.25) is 5.15 Å². The zero-order chi connectivity index (χ0) is 13.8. The first-order valence-electron chi connectivity index (χ1n) is 5.40. The van der Waals surface area contributed by atoms with Gasteiger partial charge >= 0.3 is 0 Å². The van der Waals surface area contributed by atoms with Crippen LogP contribution < -0.4 is 5.32 Å². The van der Waals surface area contributed by atoms with Crippen LogP contribution in [0.3, 0.4) is 0 Å². The minimum absolute atomic E-state index is 0.165. The lowest BCUT2D eigenvalue weighted by Gasteiger charge is -2.06. The summed E-state index contributed by atoms with van der Waals surface area (Å²) in [6, 6.07) is 6.87. The Morgan fingerprint density at radius 3 is 2.58 bits per heavy atom. The fourth-order valence-corrected chi connectivity index (χ4v) is 1.63. The second-order valence-electron chi connectivity index (χ2n) is 3.77. The summed E-state index contributed by atoms with van der Waals surface area (Å²) in [7, 11) is 0. The monoisotopic (exact) mass is 282 g/mol. The molecule has 1 aromatic carbocycles. The molecule has 0 atom stereocenters. The van der Waals surface area contributed by atoms with Crippen LogP contribution in [0.5, 0.6) is 0 Å². The number of carbonyl (C=O) groups excluding carboxylic acids is 1. The maximum absolute atomic E-state index is 13.5. The van der Waals surface area contributed by atoms with Crippen LogP contribution in [-0.4, -0.2) is 10.9 Å². The largest absolute Gasteiger partial charge is 0.348 e. The van der Waals surface area contributed by atoms with Gasteiger partial charge in [0.25, 0.3) is 5.91 Å². The molecular weight excluding hydrogens is 274 g/mol. The molecule has 98 valence electrons. The van der Waals surface area contributed by atoms with Crippen LogP contribution in [0.1, 0.15) is 15.9 Å². The highest BCUT2D eigenvalue weighted by Crippen LogP contribution is 2.14. The summed E-state index contributed by atoms with van der Waals surface area (Å²) in [5.41, 5.74) is 0.525. The van der Waals surface area contributed by atoms with Gasteiger partial charge in [-0.15, -0.1) is 0 Å². The Bertz CT molecular complexity index is 602. The molecular formula is C13H9ClF2N2O. The predicted molar refractivity (Wildman–Crippen MR) is 66.8 cm³/mol. The third kappa shape index (κ3) is 3.26. The van der Waals surface area contributed by atoms with Gasteiger partial charge in [-0.05, 0) is 23.8 Å². The Labute approximate surface area is 113 Å². The lowest BCUT2D eigenvalue weighted by molar-refractivity contribution is 0.0946. The highest BCUT2D eigenvalue weighted by molar-refractivity contribution is 6.29. The quantitative estimate of drug-likeness (QED) is 0.880. The van der Waals surface area contributed by atoms with E-state index in [0.717, 1.165) is 0 Å². The van der Waals surface area contributed by atoms with Gasteiger partial charge in [0.15, 0.2) is 11.0 Å². The molecule has 0 aliphatic heterocycles. The molecule has 6 heteroatoms. The van der Waals surface area contributed by atoms with E-state index in [9.17, 15) is 13.6 Å². The van der Waals surface area contributed by atoms with Crippen molar-refractivity contribution in [2.45, 2.75) is 6.54 Å². The first-order chi connectivity index (χ1) is 9.08. The summed E-state index contributed by atoms with van der Waals surface area (Å²) in [5, 5.41) is 2.16. The Morgan fingerprint density at radius 2 is 1.89 bits per heavy atom. The number of rotatable bonds is 3. The highest BCUT2D eigenvalue weighted by Gasteiger charge is 2.14. The van der Waals surface area contributed by atoms with Gasteiger partial charge in [-0.3, -0.25) is 4.79 Å². The molecule has 0 fully saturated rings. The minimum atomic E-state index is -0.860. The third-order valence-electron chi connectivity index (χ3n) is 2.46. The third-order valence-corrected chi connectivity index (χ3v) is 2.72. The first-order valence-corrected chi connectivity index (χ1v) is 5.78. The zero-order valence-corrected chi connectivity index (χ0v) is 10.4. The number of hydrogen-bond donors (Lipinski definition) is 1. The van der Waals surface area contributed by atoms with Crippen molar-refractivity contribution < 1.29 is 13.6 Å². The number of pyridine rings is 1. The fourth-order valence-electron chi connectivity index (χ4n) is 1.47. The summed E-state index contributed by atoms with van der Waals surface area (Å²) in [5.74, 6) is -1.83. The molecule has 2 aromatic rings. The molecule has 1 heterocycles. The Kier molecular flexibility index (Phi) is 4.06. The standard InChI is InChI=1S/C13H9ClF2N2O/c14-12-11(16)10(5-6-17-12)13(19)18-7-8-1-3-9(15)4-2-8/h1-6H,7H2,(H,18,19). The molecule has 0 bridgehead atoms. The normalized spacial score (nSPS) is 10.3. The molecule has 19 heavy (non-hydrogen) atoms. The van der Waals surface area contributed by atoms with Gasteiger partial charge in [0.2, 0.25) is 0 Å². The van der Waals surface area contributed by atoms with E-state index < -0.39 is 11.7 Å². The molecule has 0 saturated heterocycles. The van der Waals surface area contributed by atoms with Crippen LogP contribution in [0, 0.1) is 11.6 Å². The molecule has 0 saturated carbocycles. The van der Waals surface area contributed by atoms with Crippen molar-refractivity contribution >= 4 is 17.5 Å². The summed E-state index contributed by atoms with van der Waals surface area (Å²) in [6.07, 6.45) is 1.25. The molecule has 1 N–H and O–H groups in total. The number of carbonyl (C=O) groups is 1. The van der Waals surface area contributed by atoms with Crippen molar-refractivity contribution in [3.8, 4) is 0 Å². The Morgan fingerprint density at radius 1 is 1.21 bits per heavy atom. The molecule has 0 aliphatic carbocycles. The van der Waals surface area contributed by atoms with Crippen molar-refractivity contribution in [1.29, 1.82) is 0 Å². The van der Waals surface area contributed by atoms with Crippen LogP contribution in [0.25, 0.3) is 0 Å². The predicted octanol–water partition coefficient (Wildman–Crippen LogP) is 2.94. The molecule has 0 unspecified atom stereocenters. The van der Waals surface area contributed by atoms with Crippen LogP contribution >= 0.6 is 11.6 Å². The van der Waals surface area contributed by atoms with E-state index in [-0.39, 0.29) is 23.1 Å². The number of aromatic nitrogens is 1.